The number of hydrogen-bond acceptors (Lipinski definition) is 5. The number of rotatable bonds is 64. The van der Waals surface area contributed by atoms with Gasteiger partial charge in [0.15, 0.2) is 6.10 Å². The molecule has 0 heterocycles. The van der Waals surface area contributed by atoms with Crippen LogP contribution in [0, 0.1) is 0 Å². The summed E-state index contributed by atoms with van der Waals surface area (Å²) in [4.78, 5) is 24.6. The predicted octanol–water partition coefficient (Wildman–Crippen LogP) is 24.5. The van der Waals surface area contributed by atoms with Gasteiger partial charge >= 0.3 is 11.9 Å². The van der Waals surface area contributed by atoms with Gasteiger partial charge in [-0.1, -0.05) is 334 Å². The van der Waals surface area contributed by atoms with Gasteiger partial charge in [-0.2, -0.15) is 0 Å². The molecule has 1 unspecified atom stereocenters. The van der Waals surface area contributed by atoms with Gasteiger partial charge < -0.3 is 14.6 Å². The lowest BCUT2D eigenvalue weighted by Crippen LogP contribution is -2.28. The standard InChI is InChI=1S/C77H132O5/c1-3-5-7-9-11-13-15-17-19-21-23-25-27-29-31-33-34-35-36-37-38-39-40-41-42-44-45-47-49-51-53-55-57-59-61-63-65-67-69-71-76(79)81-74-75(73-78)82-77(80)72-70-68-66-64-62-60-58-56-54-52-50-48-46-43-32-30-28-26-24-22-20-18-16-14-12-10-8-6-4-2/h6,8,12,14-15,17-18,20-21,23-24,26,30,32,46,48,52,54,58,60,75,78H,3-5,7,9-11,13,16,19,22,25,27-29,31,33-45,47,49-51,53,55-57,59,61-74H2,1-2H3/b8-6-,14-12-,17-15-,20-18-,23-21-,26-24-,32-30-,48-46-,54-52-,60-58-. The number of allylic oxidation sites excluding steroid dienone is 20. The summed E-state index contributed by atoms with van der Waals surface area (Å²) in [5.41, 5.74) is 0. The summed E-state index contributed by atoms with van der Waals surface area (Å²) >= 11 is 0. The highest BCUT2D eigenvalue weighted by molar-refractivity contribution is 5.70. The Labute approximate surface area is 509 Å². The summed E-state index contributed by atoms with van der Waals surface area (Å²) in [6, 6.07) is 0. The lowest BCUT2D eigenvalue weighted by atomic mass is 10.0. The van der Waals surface area contributed by atoms with Gasteiger partial charge in [-0.05, 0) is 109 Å². The molecule has 0 aliphatic rings. The molecule has 0 aliphatic heterocycles. The minimum Gasteiger partial charge on any atom is -0.462 e. The van der Waals surface area contributed by atoms with E-state index in [1.54, 1.807) is 0 Å². The van der Waals surface area contributed by atoms with Crippen LogP contribution in [0.4, 0.5) is 0 Å². The molecule has 0 amide bonds. The third kappa shape index (κ3) is 68.8. The highest BCUT2D eigenvalue weighted by Crippen LogP contribution is 2.18. The van der Waals surface area contributed by atoms with E-state index >= 15 is 0 Å². The van der Waals surface area contributed by atoms with E-state index in [1.807, 2.05) is 0 Å². The third-order valence-electron chi connectivity index (χ3n) is 15.2. The van der Waals surface area contributed by atoms with Gasteiger partial charge in [-0.15, -0.1) is 0 Å². The number of aliphatic hydroxyl groups excluding tert-OH is 1. The van der Waals surface area contributed by atoms with E-state index in [2.05, 4.69) is 135 Å². The van der Waals surface area contributed by atoms with E-state index < -0.39 is 6.10 Å². The number of unbranched alkanes of at least 4 members (excludes halogenated alkanes) is 36. The second kappa shape index (κ2) is 71.6. The quantitative estimate of drug-likeness (QED) is 0.0373. The van der Waals surface area contributed by atoms with E-state index in [-0.39, 0.29) is 25.2 Å². The normalized spacial score (nSPS) is 13.0. The summed E-state index contributed by atoms with van der Waals surface area (Å²) in [5.74, 6) is -0.614. The zero-order valence-corrected chi connectivity index (χ0v) is 54.0. The lowest BCUT2D eigenvalue weighted by Gasteiger charge is -2.15. The molecule has 0 bridgehead atoms. The summed E-state index contributed by atoms with van der Waals surface area (Å²) in [6.07, 6.45) is 105. The minimum atomic E-state index is -0.794. The molecule has 0 aromatic rings. The van der Waals surface area contributed by atoms with E-state index in [9.17, 15) is 14.7 Å². The van der Waals surface area contributed by atoms with Crippen molar-refractivity contribution in [2.75, 3.05) is 13.2 Å². The Morgan fingerprint density at radius 1 is 0.293 bits per heavy atom. The van der Waals surface area contributed by atoms with Crippen molar-refractivity contribution in [1.82, 2.24) is 0 Å². The number of ether oxygens (including phenoxy) is 2. The smallest absolute Gasteiger partial charge is 0.306 e. The molecule has 0 saturated carbocycles. The fourth-order valence-electron chi connectivity index (χ4n) is 10.0. The van der Waals surface area contributed by atoms with E-state index in [0.29, 0.717) is 12.8 Å². The van der Waals surface area contributed by atoms with Crippen molar-refractivity contribution >= 4 is 11.9 Å². The molecular formula is C77H132O5. The molecule has 0 fully saturated rings. The Morgan fingerprint density at radius 3 is 0.793 bits per heavy atom. The molecule has 5 heteroatoms. The van der Waals surface area contributed by atoms with Crippen molar-refractivity contribution in [1.29, 1.82) is 0 Å². The number of carbonyl (C=O) groups excluding carboxylic acids is 2. The van der Waals surface area contributed by atoms with Gasteiger partial charge in [0, 0.05) is 12.8 Å². The lowest BCUT2D eigenvalue weighted by molar-refractivity contribution is -0.161. The molecule has 0 radical (unpaired) electrons. The Morgan fingerprint density at radius 2 is 0.524 bits per heavy atom. The number of carbonyl (C=O) groups is 2. The van der Waals surface area contributed by atoms with Crippen LogP contribution in [-0.2, 0) is 19.1 Å². The topological polar surface area (TPSA) is 72.8 Å². The number of esters is 2. The largest absolute Gasteiger partial charge is 0.462 e. The van der Waals surface area contributed by atoms with Crippen LogP contribution in [-0.4, -0.2) is 36.4 Å². The van der Waals surface area contributed by atoms with Crippen molar-refractivity contribution in [2.45, 2.75) is 341 Å². The second-order valence-corrected chi connectivity index (χ2v) is 23.2. The summed E-state index contributed by atoms with van der Waals surface area (Å²) in [6.45, 7) is 4.02. The Hall–Kier alpha value is -3.70. The maximum absolute atomic E-state index is 12.3. The van der Waals surface area contributed by atoms with Crippen molar-refractivity contribution < 1.29 is 24.2 Å². The molecular weight excluding hydrogens is 1000 g/mol. The van der Waals surface area contributed by atoms with Gasteiger partial charge in [0.05, 0.1) is 6.61 Å². The van der Waals surface area contributed by atoms with Gasteiger partial charge in [0.25, 0.3) is 0 Å². The maximum Gasteiger partial charge on any atom is 0.306 e. The molecule has 1 N–H and O–H groups in total. The van der Waals surface area contributed by atoms with Crippen molar-refractivity contribution in [3.8, 4) is 0 Å². The Balaban J connectivity index is 3.48. The van der Waals surface area contributed by atoms with Crippen LogP contribution in [0.3, 0.4) is 0 Å². The zero-order valence-electron chi connectivity index (χ0n) is 54.0. The first-order valence-corrected chi connectivity index (χ1v) is 35.1. The molecule has 470 valence electrons. The van der Waals surface area contributed by atoms with E-state index in [1.165, 1.54) is 199 Å². The van der Waals surface area contributed by atoms with Crippen LogP contribution >= 0.6 is 0 Å². The van der Waals surface area contributed by atoms with Gasteiger partial charge in [-0.3, -0.25) is 9.59 Å². The van der Waals surface area contributed by atoms with Crippen molar-refractivity contribution in [2.24, 2.45) is 0 Å². The summed E-state index contributed by atoms with van der Waals surface area (Å²) in [7, 11) is 0. The predicted molar refractivity (Wildman–Crippen MR) is 362 cm³/mol. The fraction of sp³-hybridized carbons (Fsp3) is 0.714. The van der Waals surface area contributed by atoms with Gasteiger partial charge in [0.2, 0.25) is 0 Å². The molecule has 0 aromatic heterocycles. The van der Waals surface area contributed by atoms with E-state index in [4.69, 9.17) is 9.47 Å². The van der Waals surface area contributed by atoms with Crippen molar-refractivity contribution in [3.05, 3.63) is 122 Å². The molecule has 5 nitrogen and oxygen atoms in total. The van der Waals surface area contributed by atoms with Crippen LogP contribution in [0.2, 0.25) is 0 Å². The molecule has 1 atom stereocenters. The maximum atomic E-state index is 12.3. The highest BCUT2D eigenvalue weighted by atomic mass is 16.6. The summed E-state index contributed by atoms with van der Waals surface area (Å²) in [5, 5.41) is 9.69. The first-order valence-electron chi connectivity index (χ1n) is 35.1. The molecule has 0 aromatic carbocycles. The third-order valence-corrected chi connectivity index (χ3v) is 15.2. The number of hydrogen-bond donors (Lipinski definition) is 1. The van der Waals surface area contributed by atoms with Crippen LogP contribution in [0.15, 0.2) is 122 Å². The van der Waals surface area contributed by atoms with Crippen LogP contribution < -0.4 is 0 Å². The Kier molecular flexibility index (Phi) is 68.3. The van der Waals surface area contributed by atoms with Gasteiger partial charge in [-0.25, -0.2) is 0 Å². The monoisotopic (exact) mass is 1140 g/mol. The highest BCUT2D eigenvalue weighted by Gasteiger charge is 2.16. The average Bonchev–Trinajstić information content (AvgIpc) is 3.49. The minimum absolute atomic E-state index is 0.0802. The SMILES string of the molecule is CC/C=C\C/C=C\C/C=C\C/C=C\C/C=C\C/C=C\C/C=C\C/C=C\CCCCCCC(=O)OC(CO)COC(=O)CCCCCCCCCCCCCCCCCCCCCCCCCCCCC/C=C\C/C=C\CCCCCCC. The zero-order chi connectivity index (χ0) is 59.1. The molecule has 0 rings (SSSR count). The first-order chi connectivity index (χ1) is 40.6. The molecule has 0 saturated heterocycles. The fourth-order valence-corrected chi connectivity index (χ4v) is 10.0. The van der Waals surface area contributed by atoms with Crippen LogP contribution in [0.5, 0.6) is 0 Å². The second-order valence-electron chi connectivity index (χ2n) is 23.2. The van der Waals surface area contributed by atoms with Crippen LogP contribution in [0.25, 0.3) is 0 Å². The molecule has 0 aliphatic carbocycles. The first kappa shape index (κ1) is 78.3. The Bertz CT molecular complexity index is 1620. The molecule has 0 spiro atoms. The van der Waals surface area contributed by atoms with E-state index in [0.717, 1.165) is 109 Å². The van der Waals surface area contributed by atoms with Crippen LogP contribution in [0.1, 0.15) is 335 Å². The van der Waals surface area contributed by atoms with Crippen molar-refractivity contribution in [3.63, 3.8) is 0 Å². The van der Waals surface area contributed by atoms with Gasteiger partial charge in [0.1, 0.15) is 6.61 Å². The number of aliphatic hydroxyl groups is 1. The molecule has 82 heavy (non-hydrogen) atoms. The average molecular weight is 1140 g/mol. The summed E-state index contributed by atoms with van der Waals surface area (Å²) < 4.78 is 10.7.